The Morgan fingerprint density at radius 1 is 1.53 bits per heavy atom. The molecule has 1 aliphatic rings. The van der Waals surface area contributed by atoms with E-state index in [0.29, 0.717) is 5.76 Å². The van der Waals surface area contributed by atoms with Crippen LogP contribution in [0.15, 0.2) is 69.8 Å². The van der Waals surface area contributed by atoms with E-state index in [4.69, 9.17) is 0 Å². The molecule has 1 nitrogen and oxygen atoms in total. The minimum Gasteiger partial charge on any atom is -0.506 e. The standard InChI is InChI=1S/C17H22OS/c1-6-8-12(3)10-15(7-2)19-16-11-13(4)9-14(5)17(16)18/h6,8,10-11,18H,1,5,7,9H2,2-4H3/b12-8-,15-10+. The van der Waals surface area contributed by atoms with Gasteiger partial charge >= 0.3 is 0 Å². The van der Waals surface area contributed by atoms with E-state index in [9.17, 15) is 5.11 Å². The predicted octanol–water partition coefficient (Wildman–Crippen LogP) is 5.82. The summed E-state index contributed by atoms with van der Waals surface area (Å²) < 4.78 is 0. The Bertz CT molecular complexity index is 501. The third-order valence-electron chi connectivity index (χ3n) is 2.80. The number of hydrogen-bond acceptors (Lipinski definition) is 2. The average Bonchev–Trinajstić information content (AvgIpc) is 2.34. The van der Waals surface area contributed by atoms with E-state index in [1.54, 1.807) is 17.8 Å². The fourth-order valence-electron chi connectivity index (χ4n) is 1.85. The Kier molecular flexibility index (Phi) is 5.97. The van der Waals surface area contributed by atoms with Gasteiger partial charge < -0.3 is 5.11 Å². The highest BCUT2D eigenvalue weighted by atomic mass is 32.2. The molecule has 0 atom stereocenters. The van der Waals surface area contributed by atoms with Crippen LogP contribution in [-0.4, -0.2) is 5.11 Å². The minimum atomic E-state index is 0.334. The van der Waals surface area contributed by atoms with E-state index >= 15 is 0 Å². The van der Waals surface area contributed by atoms with Crippen molar-refractivity contribution >= 4 is 11.8 Å². The third-order valence-corrected chi connectivity index (χ3v) is 4.00. The first-order valence-electron chi connectivity index (χ1n) is 6.44. The van der Waals surface area contributed by atoms with Crippen LogP contribution in [-0.2, 0) is 0 Å². The normalized spacial score (nSPS) is 17.6. The number of allylic oxidation sites excluding steroid dienone is 8. The van der Waals surface area contributed by atoms with E-state index in [1.807, 2.05) is 19.1 Å². The quantitative estimate of drug-likeness (QED) is 0.637. The molecule has 0 radical (unpaired) electrons. The van der Waals surface area contributed by atoms with Crippen LogP contribution < -0.4 is 0 Å². The van der Waals surface area contributed by atoms with Crippen LogP contribution in [0.2, 0.25) is 0 Å². The van der Waals surface area contributed by atoms with Crippen LogP contribution in [0.1, 0.15) is 33.6 Å². The molecule has 0 spiro atoms. The smallest absolute Gasteiger partial charge is 0.132 e. The topological polar surface area (TPSA) is 20.2 Å². The van der Waals surface area contributed by atoms with Crippen LogP contribution in [0, 0.1) is 0 Å². The first-order chi connectivity index (χ1) is 8.97. The lowest BCUT2D eigenvalue weighted by Crippen LogP contribution is -1.98. The van der Waals surface area contributed by atoms with Crippen molar-refractivity contribution in [2.45, 2.75) is 33.6 Å². The zero-order valence-corrected chi connectivity index (χ0v) is 12.8. The van der Waals surface area contributed by atoms with Gasteiger partial charge in [-0.05, 0) is 49.3 Å². The molecule has 0 fully saturated rings. The molecule has 1 N–H and O–H groups in total. The summed E-state index contributed by atoms with van der Waals surface area (Å²) in [5, 5.41) is 10.1. The molecule has 0 aromatic rings. The number of hydrogen-bond donors (Lipinski definition) is 1. The highest BCUT2D eigenvalue weighted by Crippen LogP contribution is 2.37. The van der Waals surface area contributed by atoms with Gasteiger partial charge in [-0.15, -0.1) is 0 Å². The summed E-state index contributed by atoms with van der Waals surface area (Å²) in [6, 6.07) is 0. The second-order valence-electron chi connectivity index (χ2n) is 4.70. The molecule has 102 valence electrons. The molecule has 1 rings (SSSR count). The summed E-state index contributed by atoms with van der Waals surface area (Å²) in [5.74, 6) is 0.334. The summed E-state index contributed by atoms with van der Waals surface area (Å²) in [6.07, 6.45) is 9.63. The molecular weight excluding hydrogens is 252 g/mol. The maximum absolute atomic E-state index is 10.1. The minimum absolute atomic E-state index is 0.334. The Morgan fingerprint density at radius 2 is 2.21 bits per heavy atom. The highest BCUT2D eigenvalue weighted by Gasteiger charge is 2.15. The van der Waals surface area contributed by atoms with Crippen molar-refractivity contribution in [1.82, 2.24) is 0 Å². The Labute approximate surface area is 120 Å². The lowest BCUT2D eigenvalue weighted by atomic mass is 10.0. The maximum atomic E-state index is 10.1. The van der Waals surface area contributed by atoms with E-state index in [2.05, 4.69) is 33.1 Å². The molecule has 0 bridgehead atoms. The van der Waals surface area contributed by atoms with Gasteiger partial charge in [0.05, 0.1) is 4.91 Å². The van der Waals surface area contributed by atoms with Crippen LogP contribution >= 0.6 is 11.8 Å². The van der Waals surface area contributed by atoms with Gasteiger partial charge in [-0.2, -0.15) is 0 Å². The van der Waals surface area contributed by atoms with Gasteiger partial charge in [-0.3, -0.25) is 0 Å². The zero-order valence-electron chi connectivity index (χ0n) is 12.0. The van der Waals surface area contributed by atoms with Crippen molar-refractivity contribution in [1.29, 1.82) is 0 Å². The van der Waals surface area contributed by atoms with Gasteiger partial charge in [-0.25, -0.2) is 0 Å². The molecule has 0 aromatic heterocycles. The molecule has 2 heteroatoms. The van der Waals surface area contributed by atoms with Gasteiger partial charge in [0.2, 0.25) is 0 Å². The molecule has 0 aromatic carbocycles. The van der Waals surface area contributed by atoms with E-state index in [1.165, 1.54) is 10.5 Å². The van der Waals surface area contributed by atoms with Crippen LogP contribution in [0.4, 0.5) is 0 Å². The van der Waals surface area contributed by atoms with Gasteiger partial charge in [0.1, 0.15) is 5.76 Å². The second kappa shape index (κ2) is 7.25. The van der Waals surface area contributed by atoms with Gasteiger partial charge in [0.25, 0.3) is 0 Å². The zero-order chi connectivity index (χ0) is 14.4. The first-order valence-corrected chi connectivity index (χ1v) is 7.25. The monoisotopic (exact) mass is 274 g/mol. The molecule has 0 aliphatic heterocycles. The molecule has 0 saturated carbocycles. The number of aliphatic hydroxyl groups excluding tert-OH is 1. The predicted molar refractivity (Wildman–Crippen MR) is 87.1 cm³/mol. The lowest BCUT2D eigenvalue weighted by molar-refractivity contribution is 0.418. The van der Waals surface area contributed by atoms with Gasteiger partial charge in [-0.1, -0.05) is 55.1 Å². The largest absolute Gasteiger partial charge is 0.506 e. The highest BCUT2D eigenvalue weighted by molar-refractivity contribution is 8.06. The first kappa shape index (κ1) is 15.6. The fourth-order valence-corrected chi connectivity index (χ4v) is 3.02. The van der Waals surface area contributed by atoms with Crippen LogP contribution in [0.25, 0.3) is 0 Å². The number of rotatable bonds is 5. The van der Waals surface area contributed by atoms with E-state index < -0.39 is 0 Å². The van der Waals surface area contributed by atoms with Crippen LogP contribution in [0.3, 0.4) is 0 Å². The summed E-state index contributed by atoms with van der Waals surface area (Å²) in [7, 11) is 0. The number of aliphatic hydroxyl groups is 1. The van der Waals surface area contributed by atoms with Gasteiger partial charge in [0, 0.05) is 0 Å². The molecule has 19 heavy (non-hydrogen) atoms. The average molecular weight is 274 g/mol. The summed E-state index contributed by atoms with van der Waals surface area (Å²) in [4.78, 5) is 2.11. The van der Waals surface area contributed by atoms with Crippen molar-refractivity contribution in [3.63, 3.8) is 0 Å². The fraction of sp³-hybridized carbons (Fsp3) is 0.294. The van der Waals surface area contributed by atoms with Crippen molar-refractivity contribution in [2.24, 2.45) is 0 Å². The van der Waals surface area contributed by atoms with Crippen molar-refractivity contribution in [2.75, 3.05) is 0 Å². The van der Waals surface area contributed by atoms with E-state index in [0.717, 1.165) is 28.9 Å². The van der Waals surface area contributed by atoms with Crippen LogP contribution in [0.5, 0.6) is 0 Å². The molecule has 0 heterocycles. The van der Waals surface area contributed by atoms with E-state index in [-0.39, 0.29) is 0 Å². The third kappa shape index (κ3) is 4.64. The molecular formula is C17H22OS. The molecule has 0 amide bonds. The Morgan fingerprint density at radius 3 is 2.79 bits per heavy atom. The SMILES string of the molecule is C=C/C=C(C)\C=C(/CC)SC1=C(O)C(=C)CC(C)=C1. The Hall–Kier alpha value is -1.41. The summed E-state index contributed by atoms with van der Waals surface area (Å²) in [5.41, 5.74) is 3.20. The van der Waals surface area contributed by atoms with Crippen molar-refractivity contribution < 1.29 is 5.11 Å². The Balaban J connectivity index is 2.99. The molecule has 1 aliphatic carbocycles. The second-order valence-corrected chi connectivity index (χ2v) is 5.86. The maximum Gasteiger partial charge on any atom is 0.132 e. The molecule has 0 saturated heterocycles. The lowest BCUT2D eigenvalue weighted by Gasteiger charge is -2.17. The number of thioether (sulfide) groups is 1. The summed E-state index contributed by atoms with van der Waals surface area (Å²) >= 11 is 1.61. The van der Waals surface area contributed by atoms with Crippen molar-refractivity contribution in [3.05, 3.63) is 69.8 Å². The summed E-state index contributed by atoms with van der Waals surface area (Å²) in [6.45, 7) is 13.8. The van der Waals surface area contributed by atoms with Crippen molar-refractivity contribution in [3.8, 4) is 0 Å². The molecule has 0 unspecified atom stereocenters. The van der Waals surface area contributed by atoms with Gasteiger partial charge in [0.15, 0.2) is 0 Å².